The van der Waals surface area contributed by atoms with Crippen LogP contribution in [-0.2, 0) is 0 Å². The molecule has 0 unspecified atom stereocenters. The van der Waals surface area contributed by atoms with E-state index in [1.807, 2.05) is 0 Å². The Morgan fingerprint density at radius 1 is 0.800 bits per heavy atom. The van der Waals surface area contributed by atoms with Gasteiger partial charge in [-0.15, -0.1) is 0 Å². The van der Waals surface area contributed by atoms with E-state index < -0.39 is 0 Å². The Hall–Kier alpha value is 0.842. The average molecular weight is 271 g/mol. The first kappa shape index (κ1) is 17.0. The van der Waals surface area contributed by atoms with Gasteiger partial charge in [-0.25, -0.2) is 0 Å². The van der Waals surface area contributed by atoms with Crippen LogP contribution in [0.3, 0.4) is 0 Å². The molecule has 0 aliphatic rings. The Bertz CT molecular complexity index is 7.61. The van der Waals surface area contributed by atoms with Gasteiger partial charge in [0.15, 0.2) is 0 Å². The van der Waals surface area contributed by atoms with Crippen molar-refractivity contribution in [3.8, 4) is 0 Å². The summed E-state index contributed by atoms with van der Waals surface area (Å²) in [5.74, 6) is 0. The third-order valence-electron chi connectivity index (χ3n) is 0. The number of aliphatic hydroxyl groups excluding tert-OH is 2. The van der Waals surface area contributed by atoms with Crippen molar-refractivity contribution in [2.75, 3.05) is 14.2 Å². The van der Waals surface area contributed by atoms with Crippen molar-refractivity contribution in [3.63, 3.8) is 0 Å². The van der Waals surface area contributed by atoms with Crippen LogP contribution < -0.4 is 0 Å². The van der Waals surface area contributed by atoms with Crippen LogP contribution in [0.15, 0.2) is 0 Å². The van der Waals surface area contributed by atoms with E-state index in [2.05, 4.69) is 0 Å². The van der Waals surface area contributed by atoms with Crippen LogP contribution in [0.2, 0.25) is 0 Å². The molecule has 3 heteroatoms. The zero-order chi connectivity index (χ0) is 4.00. The molecule has 0 saturated heterocycles. The normalized spacial score (nSPS) is 2.40. The maximum atomic E-state index is 7.00. The molecule has 0 amide bonds. The second kappa shape index (κ2) is 101. The fraction of sp³-hybridized carbons (Fsp3) is 1.00. The molecule has 0 aromatic rings. The molecule has 5 heavy (non-hydrogen) atoms. The second-order valence-corrected chi connectivity index (χ2v) is 0. The summed E-state index contributed by atoms with van der Waals surface area (Å²) in [6.07, 6.45) is 0. The molecule has 0 saturated carbocycles. The van der Waals surface area contributed by atoms with Gasteiger partial charge in [0.25, 0.3) is 0 Å². The molecule has 0 aliphatic carbocycles. The molecule has 0 aliphatic heterocycles. The molecular weight excluding hydrogens is 263 g/mol. The number of rotatable bonds is 0. The molecule has 2 nitrogen and oxygen atoms in total. The van der Waals surface area contributed by atoms with E-state index in [4.69, 9.17) is 10.2 Å². The van der Waals surface area contributed by atoms with Crippen molar-refractivity contribution in [1.82, 2.24) is 0 Å². The average Bonchev–Trinajstić information content (AvgIpc) is 1.50. The van der Waals surface area contributed by atoms with Gasteiger partial charge in [0.05, 0.1) is 0 Å². The minimum atomic E-state index is 0. The second-order valence-electron chi connectivity index (χ2n) is 0. The van der Waals surface area contributed by atoms with E-state index in [-0.39, 0.29) is 27.3 Å². The molecule has 0 spiro atoms. The first-order chi connectivity index (χ1) is 2.00. The van der Waals surface area contributed by atoms with Crippen molar-refractivity contribution in [3.05, 3.63) is 0 Å². The van der Waals surface area contributed by atoms with E-state index in [0.29, 0.717) is 0 Å². The molecule has 4 radical (unpaired) electrons. The van der Waals surface area contributed by atoms with Gasteiger partial charge in [-0.2, -0.15) is 0 Å². The predicted octanol–water partition coefficient (Wildman–Crippen LogP) is -1.16. The summed E-state index contributed by atoms with van der Waals surface area (Å²) in [6.45, 7) is 0. The molecule has 0 rings (SSSR count). The first-order valence-electron chi connectivity index (χ1n) is 0.894. The molecule has 32 valence electrons. The Morgan fingerprint density at radius 2 is 0.800 bits per heavy atom. The monoisotopic (exact) mass is 272 g/mol. The van der Waals surface area contributed by atoms with Gasteiger partial charge >= 0.3 is 0 Å². The Balaban J connectivity index is -0.0000000133. The van der Waals surface area contributed by atoms with E-state index in [9.17, 15) is 0 Å². The first-order valence-corrected chi connectivity index (χ1v) is 0.894. The SMILES string of the molecule is CO.CO.[Pb]. The van der Waals surface area contributed by atoms with Gasteiger partial charge in [-0.05, 0) is 0 Å². The Morgan fingerprint density at radius 3 is 0.800 bits per heavy atom. The summed E-state index contributed by atoms with van der Waals surface area (Å²) < 4.78 is 0. The van der Waals surface area contributed by atoms with Crippen LogP contribution in [-0.4, -0.2) is 51.7 Å². The molecule has 2 N–H and O–H groups in total. The van der Waals surface area contributed by atoms with Crippen molar-refractivity contribution in [1.29, 1.82) is 0 Å². The number of hydrogen-bond donors (Lipinski definition) is 2. The zero-order valence-electron chi connectivity index (χ0n) is 3.39. The smallest absolute Gasteiger partial charge is 0.0319 e. The van der Waals surface area contributed by atoms with Gasteiger partial charge in [0.2, 0.25) is 0 Å². The molecular formula is C2H8O2Pb. The molecule has 0 heterocycles. The third-order valence-corrected chi connectivity index (χ3v) is 0. The minimum absolute atomic E-state index is 0. The maximum Gasteiger partial charge on any atom is 0.0319 e. The zero-order valence-corrected chi connectivity index (χ0v) is 7.28. The fourth-order valence-corrected chi connectivity index (χ4v) is 0. The largest absolute Gasteiger partial charge is 0.400 e. The van der Waals surface area contributed by atoms with E-state index >= 15 is 0 Å². The summed E-state index contributed by atoms with van der Waals surface area (Å²) in [7, 11) is 2.00. The van der Waals surface area contributed by atoms with E-state index in [1.54, 1.807) is 0 Å². The Labute approximate surface area is 52.0 Å². The van der Waals surface area contributed by atoms with Crippen LogP contribution in [0.4, 0.5) is 0 Å². The van der Waals surface area contributed by atoms with Crippen molar-refractivity contribution >= 4 is 27.3 Å². The molecule has 0 atom stereocenters. The quantitative estimate of drug-likeness (QED) is 0.546. The van der Waals surface area contributed by atoms with Crippen molar-refractivity contribution < 1.29 is 10.2 Å². The fourth-order valence-electron chi connectivity index (χ4n) is 0. The van der Waals surface area contributed by atoms with Gasteiger partial charge < -0.3 is 10.2 Å². The Kier molecular flexibility index (Phi) is 342. The number of hydrogen-bond acceptors (Lipinski definition) is 2. The molecule has 0 aromatic heterocycles. The van der Waals surface area contributed by atoms with Crippen LogP contribution >= 0.6 is 0 Å². The minimum Gasteiger partial charge on any atom is -0.400 e. The van der Waals surface area contributed by atoms with Crippen LogP contribution in [0.5, 0.6) is 0 Å². The van der Waals surface area contributed by atoms with Crippen LogP contribution in [0.25, 0.3) is 0 Å². The summed E-state index contributed by atoms with van der Waals surface area (Å²) in [5, 5.41) is 14.0. The van der Waals surface area contributed by atoms with E-state index in [1.165, 1.54) is 0 Å². The molecule has 0 fully saturated rings. The summed E-state index contributed by atoms with van der Waals surface area (Å²) in [4.78, 5) is 0. The van der Waals surface area contributed by atoms with Gasteiger partial charge in [-0.3, -0.25) is 0 Å². The van der Waals surface area contributed by atoms with E-state index in [0.717, 1.165) is 14.2 Å². The predicted molar refractivity (Wildman–Crippen MR) is 22.0 cm³/mol. The van der Waals surface area contributed by atoms with Gasteiger partial charge in [0, 0.05) is 41.5 Å². The standard InChI is InChI=1S/2CH4O.Pb/c2*1-2;/h2*2H,1H3;. The van der Waals surface area contributed by atoms with Crippen LogP contribution in [0.1, 0.15) is 0 Å². The van der Waals surface area contributed by atoms with Gasteiger partial charge in [0.1, 0.15) is 0 Å². The van der Waals surface area contributed by atoms with Crippen LogP contribution in [0, 0.1) is 0 Å². The summed E-state index contributed by atoms with van der Waals surface area (Å²) in [5.41, 5.74) is 0. The topological polar surface area (TPSA) is 40.5 Å². The van der Waals surface area contributed by atoms with Crippen molar-refractivity contribution in [2.24, 2.45) is 0 Å². The van der Waals surface area contributed by atoms with Gasteiger partial charge in [-0.1, -0.05) is 0 Å². The maximum absolute atomic E-state index is 7.00. The molecule has 0 aromatic carbocycles. The number of aliphatic hydroxyl groups is 2. The third kappa shape index (κ3) is 55.2. The molecule has 0 bridgehead atoms. The summed E-state index contributed by atoms with van der Waals surface area (Å²) >= 11 is 0. The van der Waals surface area contributed by atoms with Crippen molar-refractivity contribution in [2.45, 2.75) is 0 Å². The summed E-state index contributed by atoms with van der Waals surface area (Å²) in [6, 6.07) is 0.